The Balaban J connectivity index is 2.07. The first-order valence-corrected chi connectivity index (χ1v) is 9.20. The SMILES string of the molecule is Cc1cccc(NC(=O)CCN(c2cccc(F)c2)S(C)(=O)=O)c1. The highest BCUT2D eigenvalue weighted by atomic mass is 32.2. The van der Waals surface area contributed by atoms with Crippen LogP contribution in [-0.2, 0) is 14.8 Å². The molecule has 0 atom stereocenters. The molecule has 0 saturated heterocycles. The van der Waals surface area contributed by atoms with E-state index < -0.39 is 15.8 Å². The lowest BCUT2D eigenvalue weighted by Gasteiger charge is -2.22. The van der Waals surface area contributed by atoms with Crippen molar-refractivity contribution in [2.75, 3.05) is 22.4 Å². The molecule has 0 saturated carbocycles. The summed E-state index contributed by atoms with van der Waals surface area (Å²) in [4.78, 5) is 12.0. The molecule has 0 radical (unpaired) electrons. The van der Waals surface area contributed by atoms with Crippen LogP contribution in [0.2, 0.25) is 0 Å². The number of aryl methyl sites for hydroxylation is 1. The molecule has 2 rings (SSSR count). The fraction of sp³-hybridized carbons (Fsp3) is 0.235. The second-order valence-electron chi connectivity index (χ2n) is 5.48. The number of nitrogens with one attached hydrogen (secondary N) is 1. The van der Waals surface area contributed by atoms with E-state index in [1.54, 1.807) is 6.07 Å². The van der Waals surface area contributed by atoms with Crippen molar-refractivity contribution in [1.82, 2.24) is 0 Å². The van der Waals surface area contributed by atoms with Gasteiger partial charge in [0.05, 0.1) is 11.9 Å². The molecule has 7 heteroatoms. The lowest BCUT2D eigenvalue weighted by atomic mass is 10.2. The number of hydrogen-bond donors (Lipinski definition) is 1. The molecule has 0 aliphatic rings. The third kappa shape index (κ3) is 5.06. The topological polar surface area (TPSA) is 66.5 Å². The average Bonchev–Trinajstić information content (AvgIpc) is 2.46. The van der Waals surface area contributed by atoms with Gasteiger partial charge in [0.25, 0.3) is 0 Å². The first-order chi connectivity index (χ1) is 11.3. The Labute approximate surface area is 141 Å². The number of anilines is 2. The molecule has 2 aromatic rings. The zero-order chi connectivity index (χ0) is 17.7. The quantitative estimate of drug-likeness (QED) is 0.871. The number of amides is 1. The van der Waals surface area contributed by atoms with Crippen LogP contribution < -0.4 is 9.62 Å². The van der Waals surface area contributed by atoms with Crippen molar-refractivity contribution >= 4 is 27.3 Å². The van der Waals surface area contributed by atoms with Crippen LogP contribution in [0, 0.1) is 12.7 Å². The number of halogens is 1. The van der Waals surface area contributed by atoms with Crippen molar-refractivity contribution in [2.24, 2.45) is 0 Å². The van der Waals surface area contributed by atoms with E-state index in [2.05, 4.69) is 5.32 Å². The molecule has 0 heterocycles. The minimum Gasteiger partial charge on any atom is -0.326 e. The molecule has 0 spiro atoms. The van der Waals surface area contributed by atoms with E-state index in [4.69, 9.17) is 0 Å². The predicted molar refractivity (Wildman–Crippen MR) is 93.0 cm³/mol. The van der Waals surface area contributed by atoms with Crippen molar-refractivity contribution in [3.63, 3.8) is 0 Å². The summed E-state index contributed by atoms with van der Waals surface area (Å²) in [6.07, 6.45) is 0.980. The van der Waals surface area contributed by atoms with Crippen molar-refractivity contribution in [3.8, 4) is 0 Å². The van der Waals surface area contributed by atoms with Gasteiger partial charge in [0, 0.05) is 18.7 Å². The molecule has 0 aliphatic heterocycles. The lowest BCUT2D eigenvalue weighted by molar-refractivity contribution is -0.116. The van der Waals surface area contributed by atoms with Gasteiger partial charge in [-0.25, -0.2) is 12.8 Å². The molecule has 2 aromatic carbocycles. The van der Waals surface area contributed by atoms with Crippen molar-refractivity contribution in [2.45, 2.75) is 13.3 Å². The summed E-state index contributed by atoms with van der Waals surface area (Å²) < 4.78 is 38.2. The zero-order valence-electron chi connectivity index (χ0n) is 13.5. The summed E-state index contributed by atoms with van der Waals surface area (Å²) in [5.74, 6) is -0.851. The maximum atomic E-state index is 13.3. The third-order valence-electron chi connectivity index (χ3n) is 3.34. The normalized spacial score (nSPS) is 11.1. The van der Waals surface area contributed by atoms with Crippen LogP contribution >= 0.6 is 0 Å². The summed E-state index contributed by atoms with van der Waals surface area (Å²) in [7, 11) is -3.62. The van der Waals surface area contributed by atoms with Crippen LogP contribution in [-0.4, -0.2) is 27.1 Å². The standard InChI is InChI=1S/C17H19FN2O3S/c1-13-5-3-7-15(11-13)19-17(21)9-10-20(24(2,22)23)16-8-4-6-14(18)12-16/h3-8,11-12H,9-10H2,1-2H3,(H,19,21). The van der Waals surface area contributed by atoms with Crippen LogP contribution in [0.3, 0.4) is 0 Å². The molecule has 0 aromatic heterocycles. The largest absolute Gasteiger partial charge is 0.326 e. The maximum absolute atomic E-state index is 13.3. The molecule has 0 aliphatic carbocycles. The number of benzene rings is 2. The first-order valence-electron chi connectivity index (χ1n) is 7.35. The third-order valence-corrected chi connectivity index (χ3v) is 4.53. The zero-order valence-corrected chi connectivity index (χ0v) is 14.3. The van der Waals surface area contributed by atoms with E-state index >= 15 is 0 Å². The Morgan fingerprint density at radius 3 is 2.50 bits per heavy atom. The van der Waals surface area contributed by atoms with Gasteiger partial charge in [0.1, 0.15) is 5.82 Å². The molecular weight excluding hydrogens is 331 g/mol. The molecule has 5 nitrogen and oxygen atoms in total. The summed E-state index contributed by atoms with van der Waals surface area (Å²) in [5, 5.41) is 2.72. The van der Waals surface area contributed by atoms with Crippen LogP contribution in [0.15, 0.2) is 48.5 Å². The van der Waals surface area contributed by atoms with Gasteiger partial charge in [-0.1, -0.05) is 18.2 Å². The van der Waals surface area contributed by atoms with E-state index in [1.807, 2.05) is 25.1 Å². The van der Waals surface area contributed by atoms with E-state index in [0.29, 0.717) is 5.69 Å². The fourth-order valence-corrected chi connectivity index (χ4v) is 3.19. The summed E-state index contributed by atoms with van der Waals surface area (Å²) >= 11 is 0. The van der Waals surface area contributed by atoms with E-state index in [0.717, 1.165) is 22.2 Å². The number of carbonyl (C=O) groups excluding carboxylic acids is 1. The smallest absolute Gasteiger partial charge is 0.232 e. The Morgan fingerprint density at radius 1 is 1.17 bits per heavy atom. The second kappa shape index (κ2) is 7.44. The summed E-state index contributed by atoms with van der Waals surface area (Å²) in [6.45, 7) is 1.84. The Kier molecular flexibility index (Phi) is 5.56. The molecule has 0 bridgehead atoms. The maximum Gasteiger partial charge on any atom is 0.232 e. The highest BCUT2D eigenvalue weighted by Gasteiger charge is 2.19. The van der Waals surface area contributed by atoms with E-state index in [-0.39, 0.29) is 24.6 Å². The number of hydrogen-bond acceptors (Lipinski definition) is 3. The molecule has 0 unspecified atom stereocenters. The van der Waals surface area contributed by atoms with Crippen molar-refractivity contribution in [3.05, 3.63) is 59.9 Å². The average molecular weight is 350 g/mol. The van der Waals surface area contributed by atoms with Gasteiger partial charge in [-0.15, -0.1) is 0 Å². The Bertz CT molecular complexity index is 837. The van der Waals surface area contributed by atoms with E-state index in [9.17, 15) is 17.6 Å². The summed E-state index contributed by atoms with van der Waals surface area (Å²) in [6, 6.07) is 12.6. The van der Waals surface area contributed by atoms with Gasteiger partial charge in [-0.2, -0.15) is 0 Å². The number of rotatable bonds is 6. The molecule has 24 heavy (non-hydrogen) atoms. The minimum atomic E-state index is -3.62. The minimum absolute atomic E-state index is 0.0441. The molecule has 1 amide bonds. The number of carbonyl (C=O) groups is 1. The number of sulfonamides is 1. The monoisotopic (exact) mass is 350 g/mol. The highest BCUT2D eigenvalue weighted by molar-refractivity contribution is 7.92. The van der Waals surface area contributed by atoms with Crippen molar-refractivity contribution < 1.29 is 17.6 Å². The molecule has 0 fully saturated rings. The molecule has 1 N–H and O–H groups in total. The van der Waals surface area contributed by atoms with Crippen LogP contribution in [0.4, 0.5) is 15.8 Å². The van der Waals surface area contributed by atoms with Gasteiger partial charge in [0.2, 0.25) is 15.9 Å². The number of nitrogens with zero attached hydrogens (tertiary/aromatic N) is 1. The fourth-order valence-electron chi connectivity index (χ4n) is 2.27. The summed E-state index contributed by atoms with van der Waals surface area (Å²) in [5.41, 5.74) is 1.85. The molecule has 128 valence electrons. The first kappa shape index (κ1) is 17.9. The van der Waals surface area contributed by atoms with Gasteiger partial charge in [0.15, 0.2) is 0 Å². The van der Waals surface area contributed by atoms with Crippen LogP contribution in [0.25, 0.3) is 0 Å². The van der Waals surface area contributed by atoms with Crippen molar-refractivity contribution in [1.29, 1.82) is 0 Å². The van der Waals surface area contributed by atoms with Gasteiger partial charge < -0.3 is 5.32 Å². The van der Waals surface area contributed by atoms with Crippen LogP contribution in [0.5, 0.6) is 0 Å². The van der Waals surface area contributed by atoms with E-state index in [1.165, 1.54) is 18.2 Å². The van der Waals surface area contributed by atoms with Gasteiger partial charge >= 0.3 is 0 Å². The predicted octanol–water partition coefficient (Wildman–Crippen LogP) is 2.93. The highest BCUT2D eigenvalue weighted by Crippen LogP contribution is 2.19. The lowest BCUT2D eigenvalue weighted by Crippen LogP contribution is -2.33. The molecular formula is C17H19FN2O3S. The Hall–Kier alpha value is -2.41. The van der Waals surface area contributed by atoms with Gasteiger partial charge in [-0.05, 0) is 42.8 Å². The second-order valence-corrected chi connectivity index (χ2v) is 7.39. The van der Waals surface area contributed by atoms with Gasteiger partial charge in [-0.3, -0.25) is 9.10 Å². The van der Waals surface area contributed by atoms with Crippen LogP contribution in [0.1, 0.15) is 12.0 Å². The Morgan fingerprint density at radius 2 is 1.88 bits per heavy atom.